The molecule has 1 unspecified atom stereocenters. The SMILES string of the molecule is COc1ccc(C(=O)NNC(=O)CC2Sc3ccccc3NC2=O)cc1. The highest BCUT2D eigenvalue weighted by Crippen LogP contribution is 2.36. The number of hydrazine groups is 1. The Kier molecular flexibility index (Phi) is 5.43. The number of benzene rings is 2. The third kappa shape index (κ3) is 4.15. The normalized spacial score (nSPS) is 15.4. The maximum absolute atomic E-state index is 12.1. The number of para-hydroxylation sites is 1. The molecule has 3 amide bonds. The number of amides is 3. The van der Waals surface area contributed by atoms with Gasteiger partial charge in [-0.1, -0.05) is 12.1 Å². The number of rotatable bonds is 4. The first-order valence-corrected chi connectivity index (χ1v) is 8.74. The molecular formula is C18H17N3O4S. The zero-order valence-electron chi connectivity index (χ0n) is 13.9. The summed E-state index contributed by atoms with van der Waals surface area (Å²) in [5.74, 6) is -0.498. The lowest BCUT2D eigenvalue weighted by atomic mass is 10.2. The number of nitrogens with one attached hydrogen (secondary N) is 3. The second-order valence-corrected chi connectivity index (χ2v) is 6.77. The lowest BCUT2D eigenvalue weighted by molar-refractivity contribution is -0.124. The highest BCUT2D eigenvalue weighted by atomic mass is 32.2. The van der Waals surface area contributed by atoms with Crippen LogP contribution < -0.4 is 20.9 Å². The number of thioether (sulfide) groups is 1. The monoisotopic (exact) mass is 371 g/mol. The third-order valence-electron chi connectivity index (χ3n) is 3.75. The van der Waals surface area contributed by atoms with Crippen LogP contribution in [0.2, 0.25) is 0 Å². The Morgan fingerprint density at radius 2 is 1.85 bits per heavy atom. The molecule has 0 radical (unpaired) electrons. The number of methoxy groups -OCH3 is 1. The highest BCUT2D eigenvalue weighted by Gasteiger charge is 2.28. The van der Waals surface area contributed by atoms with Gasteiger partial charge >= 0.3 is 0 Å². The van der Waals surface area contributed by atoms with Crippen molar-refractivity contribution in [2.45, 2.75) is 16.6 Å². The van der Waals surface area contributed by atoms with Crippen molar-refractivity contribution in [1.29, 1.82) is 0 Å². The van der Waals surface area contributed by atoms with Gasteiger partial charge in [0.15, 0.2) is 0 Å². The maximum Gasteiger partial charge on any atom is 0.269 e. The molecule has 0 bridgehead atoms. The molecule has 0 aliphatic carbocycles. The Morgan fingerprint density at radius 3 is 2.58 bits per heavy atom. The van der Waals surface area contributed by atoms with Crippen molar-refractivity contribution in [3.8, 4) is 5.75 Å². The fraction of sp³-hybridized carbons (Fsp3) is 0.167. The van der Waals surface area contributed by atoms with Crippen LogP contribution >= 0.6 is 11.8 Å². The molecule has 1 heterocycles. The van der Waals surface area contributed by atoms with Gasteiger partial charge in [0.2, 0.25) is 11.8 Å². The summed E-state index contributed by atoms with van der Waals surface area (Å²) in [7, 11) is 1.53. The Labute approximate surface area is 154 Å². The fourth-order valence-electron chi connectivity index (χ4n) is 2.39. The average Bonchev–Trinajstić information content (AvgIpc) is 2.66. The van der Waals surface area contributed by atoms with Crippen LogP contribution in [0.5, 0.6) is 5.75 Å². The largest absolute Gasteiger partial charge is 0.497 e. The van der Waals surface area contributed by atoms with Crippen LogP contribution in [-0.2, 0) is 9.59 Å². The van der Waals surface area contributed by atoms with Crippen LogP contribution in [0.25, 0.3) is 0 Å². The Balaban J connectivity index is 1.52. The first kappa shape index (κ1) is 17.8. The van der Waals surface area contributed by atoms with Gasteiger partial charge in [-0.2, -0.15) is 0 Å². The maximum atomic E-state index is 12.1. The van der Waals surface area contributed by atoms with Crippen molar-refractivity contribution in [1.82, 2.24) is 10.9 Å². The number of carbonyl (C=O) groups is 3. The van der Waals surface area contributed by atoms with Gasteiger partial charge in [0.25, 0.3) is 5.91 Å². The molecule has 0 aromatic heterocycles. The van der Waals surface area contributed by atoms with Crippen molar-refractivity contribution in [3.05, 3.63) is 54.1 Å². The van der Waals surface area contributed by atoms with E-state index < -0.39 is 17.1 Å². The minimum absolute atomic E-state index is 0.0479. The predicted octanol–water partition coefficient (Wildman–Crippen LogP) is 1.96. The summed E-state index contributed by atoms with van der Waals surface area (Å²) in [5.41, 5.74) is 5.80. The van der Waals surface area contributed by atoms with E-state index in [1.807, 2.05) is 24.3 Å². The molecule has 1 atom stereocenters. The second kappa shape index (κ2) is 7.92. The van der Waals surface area contributed by atoms with Crippen LogP contribution in [0.15, 0.2) is 53.4 Å². The molecule has 0 fully saturated rings. The van der Waals surface area contributed by atoms with Gasteiger partial charge in [-0.25, -0.2) is 0 Å². The zero-order chi connectivity index (χ0) is 18.5. The first-order chi connectivity index (χ1) is 12.6. The van der Waals surface area contributed by atoms with E-state index in [9.17, 15) is 14.4 Å². The standard InChI is InChI=1S/C18H17N3O4S/c1-25-12-8-6-11(7-9-12)17(23)21-20-16(22)10-15-18(24)19-13-4-2-3-5-14(13)26-15/h2-9,15H,10H2,1H3,(H,19,24)(H,20,22)(H,21,23). The van der Waals surface area contributed by atoms with Gasteiger partial charge in [-0.05, 0) is 36.4 Å². The molecular weight excluding hydrogens is 354 g/mol. The van der Waals surface area contributed by atoms with Crippen molar-refractivity contribution >= 4 is 35.2 Å². The fourth-order valence-corrected chi connectivity index (χ4v) is 3.50. The summed E-state index contributed by atoms with van der Waals surface area (Å²) in [5, 5.41) is 2.22. The zero-order valence-corrected chi connectivity index (χ0v) is 14.8. The molecule has 0 spiro atoms. The minimum Gasteiger partial charge on any atom is -0.497 e. The van der Waals surface area contributed by atoms with E-state index in [-0.39, 0.29) is 12.3 Å². The van der Waals surface area contributed by atoms with E-state index in [4.69, 9.17) is 4.74 Å². The molecule has 8 heteroatoms. The van der Waals surface area contributed by atoms with Crippen molar-refractivity contribution in [2.75, 3.05) is 12.4 Å². The lowest BCUT2D eigenvalue weighted by Crippen LogP contribution is -2.44. The van der Waals surface area contributed by atoms with E-state index in [0.717, 1.165) is 10.6 Å². The van der Waals surface area contributed by atoms with E-state index >= 15 is 0 Å². The molecule has 0 saturated carbocycles. The average molecular weight is 371 g/mol. The van der Waals surface area contributed by atoms with E-state index in [1.54, 1.807) is 24.3 Å². The summed E-state index contributed by atoms with van der Waals surface area (Å²) in [6.45, 7) is 0. The first-order valence-electron chi connectivity index (χ1n) is 7.86. The minimum atomic E-state index is -0.553. The molecule has 26 heavy (non-hydrogen) atoms. The van der Waals surface area contributed by atoms with Crippen molar-refractivity contribution in [2.24, 2.45) is 0 Å². The van der Waals surface area contributed by atoms with Crippen LogP contribution in [0.4, 0.5) is 5.69 Å². The number of hydrogen-bond acceptors (Lipinski definition) is 5. The topological polar surface area (TPSA) is 96.5 Å². The predicted molar refractivity (Wildman–Crippen MR) is 97.9 cm³/mol. The molecule has 1 aliphatic heterocycles. The van der Waals surface area contributed by atoms with Gasteiger partial charge < -0.3 is 10.1 Å². The molecule has 2 aromatic carbocycles. The highest BCUT2D eigenvalue weighted by molar-refractivity contribution is 8.01. The van der Waals surface area contributed by atoms with Gasteiger partial charge in [0.05, 0.1) is 18.0 Å². The van der Waals surface area contributed by atoms with Crippen LogP contribution in [0.3, 0.4) is 0 Å². The van der Waals surface area contributed by atoms with E-state index in [0.29, 0.717) is 11.3 Å². The van der Waals surface area contributed by atoms with Gasteiger partial charge in [-0.3, -0.25) is 25.2 Å². The van der Waals surface area contributed by atoms with Crippen LogP contribution in [-0.4, -0.2) is 30.1 Å². The summed E-state index contributed by atoms with van der Waals surface area (Å²) < 4.78 is 5.03. The number of fused-ring (bicyclic) bond motifs is 1. The molecule has 3 N–H and O–H groups in total. The van der Waals surface area contributed by atoms with Crippen LogP contribution in [0, 0.1) is 0 Å². The second-order valence-electron chi connectivity index (χ2n) is 5.53. The number of anilines is 1. The smallest absolute Gasteiger partial charge is 0.269 e. The summed E-state index contributed by atoms with van der Waals surface area (Å²) in [6.07, 6.45) is -0.0479. The van der Waals surface area contributed by atoms with Gasteiger partial charge in [0.1, 0.15) is 5.75 Å². The van der Waals surface area contributed by atoms with Crippen molar-refractivity contribution in [3.63, 3.8) is 0 Å². The Morgan fingerprint density at radius 1 is 1.12 bits per heavy atom. The molecule has 7 nitrogen and oxygen atoms in total. The summed E-state index contributed by atoms with van der Waals surface area (Å²) >= 11 is 1.33. The lowest BCUT2D eigenvalue weighted by Gasteiger charge is -2.23. The molecule has 2 aromatic rings. The van der Waals surface area contributed by atoms with E-state index in [1.165, 1.54) is 18.9 Å². The summed E-state index contributed by atoms with van der Waals surface area (Å²) in [4.78, 5) is 37.1. The van der Waals surface area contributed by atoms with Crippen molar-refractivity contribution < 1.29 is 19.1 Å². The Hall–Kier alpha value is -3.00. The van der Waals surface area contributed by atoms with Crippen LogP contribution in [0.1, 0.15) is 16.8 Å². The van der Waals surface area contributed by atoms with Gasteiger partial charge in [-0.15, -0.1) is 11.8 Å². The quantitative estimate of drug-likeness (QED) is 0.714. The molecule has 0 saturated heterocycles. The number of hydrogen-bond donors (Lipinski definition) is 3. The number of carbonyl (C=O) groups excluding carboxylic acids is 3. The molecule has 134 valence electrons. The molecule has 3 rings (SSSR count). The third-order valence-corrected chi connectivity index (χ3v) is 5.02. The van der Waals surface area contributed by atoms with E-state index in [2.05, 4.69) is 16.2 Å². The summed E-state index contributed by atoms with van der Waals surface area (Å²) in [6, 6.07) is 13.9. The molecule has 1 aliphatic rings. The Bertz CT molecular complexity index is 839. The van der Waals surface area contributed by atoms with Gasteiger partial charge in [0, 0.05) is 16.9 Å². The number of ether oxygens (including phenoxy) is 1.